The number of hydrogen-bond acceptors (Lipinski definition) is 7. The van der Waals surface area contributed by atoms with E-state index in [1.54, 1.807) is 29.0 Å². The van der Waals surface area contributed by atoms with Gasteiger partial charge in [0, 0.05) is 44.6 Å². The topological polar surface area (TPSA) is 131 Å². The van der Waals surface area contributed by atoms with Crippen LogP contribution in [0.3, 0.4) is 0 Å². The molecule has 3 amide bonds. The van der Waals surface area contributed by atoms with Gasteiger partial charge in [-0.3, -0.25) is 14.4 Å². The van der Waals surface area contributed by atoms with Crippen LogP contribution in [0.1, 0.15) is 164 Å². The monoisotopic (exact) mass is 1010 g/mol. The second-order valence-corrected chi connectivity index (χ2v) is 19.8. The molecule has 9 rings (SSSR count). The number of aliphatic hydroxyl groups excluding tert-OH is 1. The van der Waals surface area contributed by atoms with Crippen molar-refractivity contribution >= 4 is 33.7 Å². The normalized spacial score (nSPS) is 13.4. The Kier molecular flexibility index (Phi) is 16.6. The van der Waals surface area contributed by atoms with E-state index in [2.05, 4.69) is 74.8 Å². The summed E-state index contributed by atoms with van der Waals surface area (Å²) in [4.78, 5) is 44.2. The minimum Gasteiger partial charge on any atom is -0.507 e. The maximum absolute atomic E-state index is 13.1. The Morgan fingerprint density at radius 1 is 0.514 bits per heavy atom. The summed E-state index contributed by atoms with van der Waals surface area (Å²) < 4.78 is 5.53. The van der Waals surface area contributed by atoms with Gasteiger partial charge < -0.3 is 34.8 Å². The molecule has 0 radical (unpaired) electrons. The molecule has 70 heavy (non-hydrogen) atoms. The number of fused-ring (bicyclic) bond motifs is 3. The summed E-state index contributed by atoms with van der Waals surface area (Å²) >= 11 is 3.45. The number of ether oxygens (including phenoxy) is 1. The lowest BCUT2D eigenvalue weighted by molar-refractivity contribution is 0.0740. The molecule has 3 N–H and O–H groups in total. The molecule has 0 aliphatic carbocycles. The third-order valence-electron chi connectivity index (χ3n) is 13.6. The van der Waals surface area contributed by atoms with E-state index < -0.39 is 0 Å². The zero-order valence-electron chi connectivity index (χ0n) is 41.7. The van der Waals surface area contributed by atoms with Gasteiger partial charge in [0.2, 0.25) is 0 Å². The minimum atomic E-state index is -0.176. The Morgan fingerprint density at radius 2 is 0.829 bits per heavy atom. The minimum absolute atomic E-state index is 0.0487. The van der Waals surface area contributed by atoms with Crippen molar-refractivity contribution in [1.29, 1.82) is 0 Å². The molecule has 0 fully saturated rings. The van der Waals surface area contributed by atoms with Crippen LogP contribution in [-0.4, -0.2) is 54.9 Å². The summed E-state index contributed by atoms with van der Waals surface area (Å²) in [6, 6.07) is 35.2. The highest BCUT2D eigenvalue weighted by Gasteiger charge is 2.30. The molecule has 0 bridgehead atoms. The number of carbonyl (C=O) groups is 3. The van der Waals surface area contributed by atoms with Gasteiger partial charge in [0.15, 0.2) is 0 Å². The van der Waals surface area contributed by atoms with Crippen molar-refractivity contribution < 1.29 is 34.4 Å². The molecule has 0 aromatic heterocycles. The van der Waals surface area contributed by atoms with Crippen LogP contribution in [0.5, 0.6) is 17.2 Å². The number of methoxy groups -OCH3 is 1. The first-order valence-electron chi connectivity index (χ1n) is 24.2. The van der Waals surface area contributed by atoms with Crippen LogP contribution < -0.4 is 4.74 Å². The number of halogens is 1. The lowest BCUT2D eigenvalue weighted by Crippen LogP contribution is -2.26. The first kappa shape index (κ1) is 51.4. The number of nitrogens with zero attached hydrogens (tertiary/aromatic N) is 3. The number of amides is 3. The molecule has 6 aromatic rings. The van der Waals surface area contributed by atoms with Gasteiger partial charge >= 0.3 is 0 Å². The lowest BCUT2D eigenvalue weighted by atomic mass is 9.92. The van der Waals surface area contributed by atoms with Crippen LogP contribution in [0, 0.1) is 0 Å². The zero-order chi connectivity index (χ0) is 50.4. The van der Waals surface area contributed by atoms with E-state index in [1.807, 2.05) is 85.5 Å². The van der Waals surface area contributed by atoms with E-state index >= 15 is 0 Å². The number of phenols is 2. The van der Waals surface area contributed by atoms with Crippen molar-refractivity contribution in [3.8, 4) is 17.2 Å². The third-order valence-corrected chi connectivity index (χ3v) is 14.2. The number of aliphatic hydroxyl groups is 1. The Bertz CT molecular complexity index is 2690. The van der Waals surface area contributed by atoms with Gasteiger partial charge in [0.1, 0.15) is 17.2 Å². The molecule has 3 aliphatic heterocycles. The lowest BCUT2D eigenvalue weighted by Gasteiger charge is -2.21. The standard InChI is InChI=1S/C21H25NO2.C19H20BrNO2.C19H21NO3/c1-5-15-10-20(24-4)19(11-18(15)14(2)3)21(23)22-12-16-8-6-7-9-17(16)13-22;1-12(2)16-8-17(18(22)7-15(16)9-20)19(23)21-10-13-5-3-4-6-14(13)11-21;1-12(2)16-8-17(18(22)7-15(16)11-21)19(23)20-9-13-5-3-4-6-14(13)10-20/h6-11,14H,5,12-13H2,1-4H3;3-8,12,22H,9-11H2,1-2H3;3-8,12,21-22H,9-11H2,1-2H3. The van der Waals surface area contributed by atoms with Gasteiger partial charge in [0.25, 0.3) is 17.7 Å². The van der Waals surface area contributed by atoms with Crippen molar-refractivity contribution in [2.75, 3.05) is 7.11 Å². The van der Waals surface area contributed by atoms with Crippen LogP contribution in [0.15, 0.2) is 109 Å². The second-order valence-electron chi connectivity index (χ2n) is 19.3. The number of rotatable bonds is 10. The first-order valence-corrected chi connectivity index (χ1v) is 25.4. The van der Waals surface area contributed by atoms with Crippen molar-refractivity contribution in [3.63, 3.8) is 0 Å². The van der Waals surface area contributed by atoms with Gasteiger partial charge in [-0.25, -0.2) is 0 Å². The number of alkyl halides is 1. The van der Waals surface area contributed by atoms with E-state index in [-0.39, 0.29) is 41.7 Å². The molecule has 0 spiro atoms. The molecular weight excluding hydrogens is 943 g/mol. The van der Waals surface area contributed by atoms with Gasteiger partial charge in [0.05, 0.1) is 30.4 Å². The van der Waals surface area contributed by atoms with E-state index in [0.29, 0.717) is 84.4 Å². The molecule has 0 saturated carbocycles. The number of benzene rings is 6. The number of phenolic OH excluding ortho intramolecular Hbond substituents is 2. The SMILES string of the molecule is CC(C)c1cc(C(=O)N2Cc3ccccc3C2)c(O)cc1CBr.CC(C)c1cc(C(=O)N2Cc3ccccc3C2)c(O)cc1CO.CCc1cc(OC)c(C(=O)N2Cc3ccccc3C2)cc1C(C)C. The molecule has 0 unspecified atom stereocenters. The maximum Gasteiger partial charge on any atom is 0.258 e. The number of carbonyl (C=O) groups excluding carboxylic acids is 3. The second kappa shape index (κ2) is 22.5. The molecule has 11 heteroatoms. The molecular formula is C59H66BrN3O7. The summed E-state index contributed by atoms with van der Waals surface area (Å²) in [6.07, 6.45) is 0.938. The van der Waals surface area contributed by atoms with Crippen molar-refractivity contribution in [2.24, 2.45) is 0 Å². The fraction of sp³-hybridized carbons (Fsp3) is 0.339. The third kappa shape index (κ3) is 11.1. The number of aryl methyl sites for hydroxylation is 1. The fourth-order valence-electron chi connectivity index (χ4n) is 9.73. The molecule has 10 nitrogen and oxygen atoms in total. The summed E-state index contributed by atoms with van der Waals surface area (Å²) in [7, 11) is 1.64. The predicted octanol–water partition coefficient (Wildman–Crippen LogP) is 12.3. The van der Waals surface area contributed by atoms with Crippen LogP contribution in [0.4, 0.5) is 0 Å². The van der Waals surface area contributed by atoms with Crippen LogP contribution in [-0.2, 0) is 57.6 Å². The van der Waals surface area contributed by atoms with Gasteiger partial charge in [-0.15, -0.1) is 0 Å². The summed E-state index contributed by atoms with van der Waals surface area (Å²) in [5.41, 5.74) is 14.7. The summed E-state index contributed by atoms with van der Waals surface area (Å²) in [5.74, 6) is 1.28. The molecule has 3 heterocycles. The largest absolute Gasteiger partial charge is 0.507 e. The zero-order valence-corrected chi connectivity index (χ0v) is 43.3. The van der Waals surface area contributed by atoms with Gasteiger partial charge in [-0.1, -0.05) is 137 Å². The van der Waals surface area contributed by atoms with E-state index in [4.69, 9.17) is 4.74 Å². The summed E-state index contributed by atoms with van der Waals surface area (Å²) in [5, 5.41) is 30.6. The Morgan fingerprint density at radius 3 is 1.14 bits per heavy atom. The Labute approximate surface area is 421 Å². The van der Waals surface area contributed by atoms with Crippen LogP contribution in [0.2, 0.25) is 0 Å². The van der Waals surface area contributed by atoms with Crippen molar-refractivity contribution in [1.82, 2.24) is 14.7 Å². The highest BCUT2D eigenvalue weighted by Crippen LogP contribution is 2.35. The Balaban J connectivity index is 0.000000155. The molecule has 0 saturated heterocycles. The van der Waals surface area contributed by atoms with Gasteiger partial charge in [-0.2, -0.15) is 0 Å². The molecule has 0 atom stereocenters. The predicted molar refractivity (Wildman–Crippen MR) is 279 cm³/mol. The fourth-order valence-corrected chi connectivity index (χ4v) is 10.2. The summed E-state index contributed by atoms with van der Waals surface area (Å²) in [6.45, 7) is 18.2. The van der Waals surface area contributed by atoms with Crippen LogP contribution in [0.25, 0.3) is 0 Å². The van der Waals surface area contributed by atoms with E-state index in [1.165, 1.54) is 39.4 Å². The van der Waals surface area contributed by atoms with Gasteiger partial charge in [-0.05, 0) is 127 Å². The smallest absolute Gasteiger partial charge is 0.258 e. The average molecular weight is 1010 g/mol. The molecule has 366 valence electrons. The van der Waals surface area contributed by atoms with Crippen molar-refractivity contribution in [2.45, 2.75) is 124 Å². The quantitative estimate of drug-likeness (QED) is 0.117. The number of hydrogen-bond donors (Lipinski definition) is 3. The van der Waals surface area contributed by atoms with E-state index in [0.717, 1.165) is 34.2 Å². The highest BCUT2D eigenvalue weighted by atomic mass is 79.9. The molecule has 6 aromatic carbocycles. The highest BCUT2D eigenvalue weighted by molar-refractivity contribution is 9.08. The van der Waals surface area contributed by atoms with E-state index in [9.17, 15) is 29.7 Å². The first-order chi connectivity index (χ1) is 33.6. The number of aromatic hydroxyl groups is 2. The van der Waals surface area contributed by atoms with Crippen LogP contribution >= 0.6 is 15.9 Å². The Hall–Kier alpha value is -6.43. The van der Waals surface area contributed by atoms with Crippen molar-refractivity contribution in [3.05, 3.63) is 193 Å². The molecule has 3 aliphatic rings. The average Bonchev–Trinajstić information content (AvgIpc) is 4.13. The maximum atomic E-state index is 13.1.